The number of fused-ring (bicyclic) bond motifs is 2. The molecule has 2 unspecified atom stereocenters. The van der Waals surface area contributed by atoms with Gasteiger partial charge in [0.2, 0.25) is 0 Å². The van der Waals surface area contributed by atoms with Crippen LogP contribution < -0.4 is 0 Å². The number of hydrogen-bond donors (Lipinski definition) is 0. The Morgan fingerprint density at radius 1 is 1.00 bits per heavy atom. The Hall–Kier alpha value is 0.0649. The molecule has 0 aromatic rings. The van der Waals surface area contributed by atoms with E-state index in [-0.39, 0.29) is 0 Å². The van der Waals surface area contributed by atoms with Gasteiger partial charge < -0.3 is 0 Å². The number of rotatable bonds is 2. The molecule has 2 aliphatic rings. The Labute approximate surface area is 90.1 Å². The highest BCUT2D eigenvalue weighted by Gasteiger charge is 2.43. The lowest BCUT2D eigenvalue weighted by Gasteiger charge is -2.44. The zero-order chi connectivity index (χ0) is 10.1. The van der Waals surface area contributed by atoms with Gasteiger partial charge in [-0.05, 0) is 0 Å². The van der Waals surface area contributed by atoms with Crippen LogP contribution in [0.1, 0.15) is 71.6 Å². The molecule has 2 saturated heterocycles. The Morgan fingerprint density at radius 3 is 2.43 bits per heavy atom. The summed E-state index contributed by atoms with van der Waals surface area (Å²) in [6.07, 6.45) is 13.1. The van der Waals surface area contributed by atoms with E-state index in [4.69, 9.17) is 0 Å². The summed E-state index contributed by atoms with van der Waals surface area (Å²) in [5.74, 6) is 0. The fraction of sp³-hybridized carbons (Fsp3) is 1.00. The molecule has 0 spiro atoms. The molecule has 0 aliphatic carbocycles. The first-order chi connectivity index (χ1) is 6.68. The molecule has 1 heteroatoms. The van der Waals surface area contributed by atoms with E-state index in [0.717, 1.165) is 0 Å². The minimum absolute atomic E-state index is 0.601. The van der Waals surface area contributed by atoms with Gasteiger partial charge in [-0.2, -0.15) is 0 Å². The van der Waals surface area contributed by atoms with Gasteiger partial charge in [0.1, 0.15) is 7.28 Å². The zero-order valence-electron chi connectivity index (χ0n) is 9.94. The van der Waals surface area contributed by atoms with E-state index in [1.165, 1.54) is 57.8 Å². The van der Waals surface area contributed by atoms with Crippen LogP contribution in [0.2, 0.25) is 10.6 Å². The highest BCUT2D eigenvalue weighted by molar-refractivity contribution is 6.44. The molecule has 2 bridgehead atoms. The van der Waals surface area contributed by atoms with Crippen molar-refractivity contribution in [2.75, 3.05) is 0 Å². The molecule has 2 heterocycles. The Morgan fingerprint density at radius 2 is 1.64 bits per heavy atom. The van der Waals surface area contributed by atoms with Crippen LogP contribution in [-0.4, -0.2) is 7.28 Å². The topological polar surface area (TPSA) is 0 Å². The molecule has 0 nitrogen and oxygen atoms in total. The van der Waals surface area contributed by atoms with Crippen LogP contribution in [0.25, 0.3) is 0 Å². The Kier molecular flexibility index (Phi) is 2.95. The molecule has 2 rings (SSSR count). The van der Waals surface area contributed by atoms with Crippen molar-refractivity contribution in [2.24, 2.45) is 0 Å². The first-order valence-electron chi connectivity index (χ1n) is 6.55. The van der Waals surface area contributed by atoms with Gasteiger partial charge in [0.25, 0.3) is 0 Å². The fourth-order valence-electron chi connectivity index (χ4n) is 3.95. The van der Waals surface area contributed by atoms with Gasteiger partial charge in [0.05, 0.1) is 0 Å². The van der Waals surface area contributed by atoms with Gasteiger partial charge in [0, 0.05) is 0 Å². The zero-order valence-corrected chi connectivity index (χ0v) is 9.94. The molecule has 14 heavy (non-hydrogen) atoms. The normalized spacial score (nSPS) is 42.7. The minimum Gasteiger partial charge on any atom is -0.0669 e. The van der Waals surface area contributed by atoms with Crippen molar-refractivity contribution in [3.05, 3.63) is 0 Å². The molecule has 0 N–H and O–H groups in total. The van der Waals surface area contributed by atoms with E-state index in [0.29, 0.717) is 10.6 Å². The molecule has 2 fully saturated rings. The van der Waals surface area contributed by atoms with Crippen LogP contribution in [0, 0.1) is 0 Å². The van der Waals surface area contributed by atoms with Crippen LogP contribution in [-0.2, 0) is 0 Å². The SMILES string of the molecule is CCCC12[B]C(C)(CCCC1)CCC2. The number of hydrogen-bond acceptors (Lipinski definition) is 0. The van der Waals surface area contributed by atoms with E-state index < -0.39 is 0 Å². The standard InChI is InChI=1S/C13H24B/c1-3-7-13-10-5-4-8-12(2,14-13)9-6-11-13/h3-11H2,1-2H3. The average molecular weight is 191 g/mol. The Bertz CT molecular complexity index is 197. The van der Waals surface area contributed by atoms with Crippen LogP contribution >= 0.6 is 0 Å². The lowest BCUT2D eigenvalue weighted by Crippen LogP contribution is -2.33. The second-order valence-corrected chi connectivity index (χ2v) is 5.97. The summed E-state index contributed by atoms with van der Waals surface area (Å²) >= 11 is 0. The van der Waals surface area contributed by atoms with Gasteiger partial charge in [-0.3, -0.25) is 0 Å². The van der Waals surface area contributed by atoms with Gasteiger partial charge in [0.15, 0.2) is 0 Å². The maximum Gasteiger partial charge on any atom is 0.125 e. The molecule has 79 valence electrons. The lowest BCUT2D eigenvalue weighted by atomic mass is 9.33. The van der Waals surface area contributed by atoms with Crippen LogP contribution in [0.3, 0.4) is 0 Å². The molecule has 2 aliphatic heterocycles. The highest BCUT2D eigenvalue weighted by atomic mass is 14.4. The summed E-state index contributed by atoms with van der Waals surface area (Å²) < 4.78 is 0. The molecule has 2 atom stereocenters. The van der Waals surface area contributed by atoms with Crippen molar-refractivity contribution < 1.29 is 0 Å². The van der Waals surface area contributed by atoms with E-state index in [9.17, 15) is 0 Å². The second kappa shape index (κ2) is 3.91. The molecule has 0 saturated carbocycles. The van der Waals surface area contributed by atoms with Crippen molar-refractivity contribution in [3.63, 3.8) is 0 Å². The van der Waals surface area contributed by atoms with Gasteiger partial charge in [-0.25, -0.2) is 0 Å². The highest BCUT2D eigenvalue weighted by Crippen LogP contribution is 2.58. The van der Waals surface area contributed by atoms with Crippen molar-refractivity contribution in [3.8, 4) is 0 Å². The van der Waals surface area contributed by atoms with Gasteiger partial charge >= 0.3 is 0 Å². The van der Waals surface area contributed by atoms with Crippen LogP contribution in [0.5, 0.6) is 0 Å². The minimum atomic E-state index is 0.601. The maximum atomic E-state index is 2.78. The van der Waals surface area contributed by atoms with Crippen molar-refractivity contribution >= 4 is 7.28 Å². The molecular formula is C13H24B. The van der Waals surface area contributed by atoms with E-state index in [1.807, 2.05) is 0 Å². The molecule has 0 aromatic heterocycles. The van der Waals surface area contributed by atoms with Gasteiger partial charge in [-0.15, -0.1) is 0 Å². The first-order valence-corrected chi connectivity index (χ1v) is 6.55. The Balaban J connectivity index is 2.14. The summed E-state index contributed by atoms with van der Waals surface area (Å²) in [4.78, 5) is 0. The third kappa shape index (κ3) is 2.02. The monoisotopic (exact) mass is 191 g/mol. The van der Waals surface area contributed by atoms with E-state index in [2.05, 4.69) is 21.1 Å². The van der Waals surface area contributed by atoms with Crippen LogP contribution in [0.4, 0.5) is 0 Å². The van der Waals surface area contributed by atoms with E-state index >= 15 is 0 Å². The summed E-state index contributed by atoms with van der Waals surface area (Å²) in [6.45, 7) is 4.85. The van der Waals surface area contributed by atoms with Crippen molar-refractivity contribution in [1.29, 1.82) is 0 Å². The fourth-order valence-corrected chi connectivity index (χ4v) is 3.95. The molecule has 0 amide bonds. The third-order valence-corrected chi connectivity index (χ3v) is 4.50. The summed E-state index contributed by atoms with van der Waals surface area (Å²) in [5, 5.41) is 1.25. The first kappa shape index (κ1) is 10.6. The summed E-state index contributed by atoms with van der Waals surface area (Å²) in [5.41, 5.74) is 0. The van der Waals surface area contributed by atoms with Gasteiger partial charge in [-0.1, -0.05) is 82.3 Å². The second-order valence-electron chi connectivity index (χ2n) is 5.97. The van der Waals surface area contributed by atoms with Crippen LogP contribution in [0.15, 0.2) is 0 Å². The molecular weight excluding hydrogens is 167 g/mol. The lowest BCUT2D eigenvalue weighted by molar-refractivity contribution is 0.367. The smallest absolute Gasteiger partial charge is 0.0669 e. The molecule has 0 aromatic carbocycles. The average Bonchev–Trinajstić information content (AvgIpc) is 2.23. The van der Waals surface area contributed by atoms with Crippen molar-refractivity contribution in [2.45, 2.75) is 82.3 Å². The largest absolute Gasteiger partial charge is 0.125 e. The predicted octanol–water partition coefficient (Wildman–Crippen LogP) is 4.59. The van der Waals surface area contributed by atoms with E-state index in [1.54, 1.807) is 0 Å². The maximum absolute atomic E-state index is 2.78. The quantitative estimate of drug-likeness (QED) is 0.560. The summed E-state index contributed by atoms with van der Waals surface area (Å²) in [6, 6.07) is 0. The molecule has 1 radical (unpaired) electrons. The summed E-state index contributed by atoms with van der Waals surface area (Å²) in [7, 11) is 2.78. The predicted molar refractivity (Wildman–Crippen MR) is 64.0 cm³/mol. The third-order valence-electron chi connectivity index (χ3n) is 4.50. The van der Waals surface area contributed by atoms with Crippen molar-refractivity contribution in [1.82, 2.24) is 0 Å².